The molecule has 3 aromatic rings. The van der Waals surface area contributed by atoms with Crippen LogP contribution in [-0.4, -0.2) is 49.0 Å². The van der Waals surface area contributed by atoms with Gasteiger partial charge in [-0.05, 0) is 48.8 Å². The first kappa shape index (κ1) is 32.3. The molecule has 0 radical (unpaired) electrons. The number of nitrogens with zero attached hydrogens (tertiary/aromatic N) is 4. The van der Waals surface area contributed by atoms with E-state index in [9.17, 15) is 41.4 Å². The van der Waals surface area contributed by atoms with E-state index in [1.807, 2.05) is 0 Å². The van der Waals surface area contributed by atoms with E-state index < -0.39 is 71.3 Å². The maximum Gasteiger partial charge on any atom is 0.433 e. The lowest BCUT2D eigenvalue weighted by atomic mass is 9.72. The molecule has 0 saturated heterocycles. The summed E-state index contributed by atoms with van der Waals surface area (Å²) in [6, 6.07) is 1.56. The maximum atomic E-state index is 14.5. The molecule has 2 heterocycles. The highest BCUT2D eigenvalue weighted by molar-refractivity contribution is 6.39. The van der Waals surface area contributed by atoms with E-state index in [-0.39, 0.29) is 40.4 Å². The molecule has 4 rings (SSSR count). The van der Waals surface area contributed by atoms with E-state index in [4.69, 9.17) is 23.2 Å². The molecule has 1 aromatic carbocycles. The normalized spacial score (nSPS) is 18.8. The number of alkyl halides is 3. The minimum Gasteiger partial charge on any atom is -0.481 e. The smallest absolute Gasteiger partial charge is 0.433 e. The molecule has 1 aliphatic rings. The summed E-state index contributed by atoms with van der Waals surface area (Å²) in [4.78, 5) is 42.6. The van der Waals surface area contributed by atoms with Gasteiger partial charge in [0, 0.05) is 25.0 Å². The van der Waals surface area contributed by atoms with Crippen LogP contribution in [-0.2, 0) is 17.5 Å². The molecule has 1 saturated carbocycles. The Hall–Kier alpha value is -3.58. The van der Waals surface area contributed by atoms with E-state index in [1.54, 1.807) is 6.92 Å². The minimum absolute atomic E-state index is 0.128. The third kappa shape index (κ3) is 7.50. The van der Waals surface area contributed by atoms with Gasteiger partial charge in [0.25, 0.3) is 5.91 Å². The third-order valence-electron chi connectivity index (χ3n) is 7.43. The predicted octanol–water partition coefficient (Wildman–Crippen LogP) is 7.00. The number of benzene rings is 1. The summed E-state index contributed by atoms with van der Waals surface area (Å²) in [6.07, 6.45) is -1.19. The highest BCUT2D eigenvalue weighted by Crippen LogP contribution is 2.45. The topological polar surface area (TPSA) is 105 Å². The van der Waals surface area contributed by atoms with Gasteiger partial charge in [0.1, 0.15) is 11.6 Å². The summed E-state index contributed by atoms with van der Waals surface area (Å²) in [5, 5.41) is 12.7. The Kier molecular flexibility index (Phi) is 9.45. The number of ketones is 1. The third-order valence-corrected chi connectivity index (χ3v) is 8.00. The number of carboxylic acid groups (broad SMARTS) is 1. The van der Waals surface area contributed by atoms with Crippen LogP contribution in [0, 0.1) is 17.0 Å². The van der Waals surface area contributed by atoms with Crippen molar-refractivity contribution in [2.75, 3.05) is 6.54 Å². The second-order valence-electron chi connectivity index (χ2n) is 10.8. The number of carbonyl (C=O) groups is 3. The largest absolute Gasteiger partial charge is 0.481 e. The number of carbonyl (C=O) groups excluding carboxylic acids is 2. The zero-order valence-electron chi connectivity index (χ0n) is 22.6. The van der Waals surface area contributed by atoms with Crippen LogP contribution in [0.15, 0.2) is 36.8 Å². The molecule has 1 fully saturated rings. The summed E-state index contributed by atoms with van der Waals surface area (Å²) in [7, 11) is 0. The van der Waals surface area contributed by atoms with Crippen molar-refractivity contribution in [1.29, 1.82) is 0 Å². The lowest BCUT2D eigenvalue weighted by Crippen LogP contribution is -2.37. The average molecular weight is 647 g/mol. The lowest BCUT2D eigenvalue weighted by molar-refractivity contribution is -0.145. The number of aliphatic carboxylic acids is 1. The van der Waals surface area contributed by atoms with E-state index in [0.717, 1.165) is 30.7 Å². The second kappa shape index (κ2) is 12.6. The summed E-state index contributed by atoms with van der Waals surface area (Å²) < 4.78 is 72.1. The summed E-state index contributed by atoms with van der Waals surface area (Å²) in [5.41, 5.74) is -3.19. The number of rotatable bonds is 9. The molecule has 8 nitrogen and oxygen atoms in total. The molecule has 1 aliphatic carbocycles. The fourth-order valence-corrected chi connectivity index (χ4v) is 5.96. The molecular formula is C28H25Cl2F5N4O4. The molecule has 0 unspecified atom stereocenters. The van der Waals surface area contributed by atoms with E-state index in [2.05, 4.69) is 10.1 Å². The Bertz CT molecular complexity index is 1510. The van der Waals surface area contributed by atoms with Crippen LogP contribution in [0.1, 0.15) is 77.0 Å². The molecule has 1 amide bonds. The standard InChI is InChI=1S/C28H25Cl2F5N4O4/c1-27(9-23(41)42)4-2-18(3-5-27)39-25(28(33,34)35)19(10-37-39)26(43)38(13-15-6-16(31)8-17(32)7-15)14-22(40)24-20(29)11-36-12-21(24)30/h6-8,10-12,18H,2-5,9,13-14H2,1H3,(H,41,42). The van der Waals surface area contributed by atoms with Crippen LogP contribution in [0.4, 0.5) is 22.0 Å². The van der Waals surface area contributed by atoms with E-state index in [0.29, 0.717) is 28.5 Å². The SMILES string of the molecule is CC1(CC(=O)O)CCC(n2ncc(C(=O)N(CC(=O)c3c(Cl)cncc3Cl)Cc3cc(F)cc(F)c3)c2C(F)(F)F)CC1. The first-order valence-corrected chi connectivity index (χ1v) is 13.8. The molecule has 15 heteroatoms. The van der Waals surface area contributed by atoms with Crippen molar-refractivity contribution in [3.63, 3.8) is 0 Å². The first-order chi connectivity index (χ1) is 20.1. The van der Waals surface area contributed by atoms with Crippen LogP contribution >= 0.6 is 23.2 Å². The van der Waals surface area contributed by atoms with E-state index >= 15 is 0 Å². The molecule has 43 heavy (non-hydrogen) atoms. The average Bonchev–Trinajstić information content (AvgIpc) is 3.33. The fourth-order valence-electron chi connectivity index (χ4n) is 5.39. The molecule has 1 N–H and O–H groups in total. The summed E-state index contributed by atoms with van der Waals surface area (Å²) >= 11 is 12.1. The van der Waals surface area contributed by atoms with Gasteiger partial charge in [-0.2, -0.15) is 18.3 Å². The van der Waals surface area contributed by atoms with Crippen molar-refractivity contribution in [3.05, 3.63) is 80.9 Å². The molecule has 2 aromatic heterocycles. The van der Waals surface area contributed by atoms with Crippen molar-refractivity contribution in [2.45, 2.75) is 57.8 Å². The number of aromatic nitrogens is 3. The number of carboxylic acids is 1. The molecule has 0 spiro atoms. The van der Waals surface area contributed by atoms with Crippen LogP contribution < -0.4 is 0 Å². The van der Waals surface area contributed by atoms with Gasteiger partial charge in [-0.3, -0.25) is 24.0 Å². The zero-order chi connectivity index (χ0) is 31.7. The number of Topliss-reactive ketones (excluding diaryl/α,β-unsaturated/α-hetero) is 1. The zero-order valence-corrected chi connectivity index (χ0v) is 24.1. The van der Waals surface area contributed by atoms with Crippen molar-refractivity contribution >= 4 is 40.9 Å². The lowest BCUT2D eigenvalue weighted by Gasteiger charge is -2.37. The van der Waals surface area contributed by atoms with Crippen molar-refractivity contribution < 1.29 is 41.4 Å². The quantitative estimate of drug-likeness (QED) is 0.198. The van der Waals surface area contributed by atoms with Gasteiger partial charge in [-0.25, -0.2) is 8.78 Å². The van der Waals surface area contributed by atoms with Crippen LogP contribution in [0.3, 0.4) is 0 Å². The second-order valence-corrected chi connectivity index (χ2v) is 11.6. The van der Waals surface area contributed by atoms with Gasteiger partial charge in [0.2, 0.25) is 0 Å². The van der Waals surface area contributed by atoms with Crippen LogP contribution in [0.2, 0.25) is 10.0 Å². The summed E-state index contributed by atoms with van der Waals surface area (Å²) in [5.74, 6) is -5.13. The Labute approximate surface area is 252 Å². The Morgan fingerprint density at radius 1 is 1.05 bits per heavy atom. The molecule has 230 valence electrons. The summed E-state index contributed by atoms with van der Waals surface area (Å²) in [6.45, 7) is 0.268. The molecule has 0 bridgehead atoms. The van der Waals surface area contributed by atoms with E-state index in [1.165, 1.54) is 0 Å². The minimum atomic E-state index is -5.05. The highest BCUT2D eigenvalue weighted by Gasteiger charge is 2.44. The first-order valence-electron chi connectivity index (χ1n) is 13.0. The van der Waals surface area contributed by atoms with Gasteiger partial charge in [0.05, 0.1) is 46.4 Å². The van der Waals surface area contributed by atoms with Gasteiger partial charge < -0.3 is 10.0 Å². The van der Waals surface area contributed by atoms with Gasteiger partial charge in [0.15, 0.2) is 11.5 Å². The number of hydrogen-bond donors (Lipinski definition) is 1. The van der Waals surface area contributed by atoms with Crippen molar-refractivity contribution in [2.24, 2.45) is 5.41 Å². The Balaban J connectivity index is 1.71. The van der Waals surface area contributed by atoms with Gasteiger partial charge in [-0.1, -0.05) is 30.1 Å². The monoisotopic (exact) mass is 646 g/mol. The highest BCUT2D eigenvalue weighted by atomic mass is 35.5. The van der Waals surface area contributed by atoms with Crippen molar-refractivity contribution in [3.8, 4) is 0 Å². The Morgan fingerprint density at radius 3 is 2.16 bits per heavy atom. The molecule has 0 aliphatic heterocycles. The van der Waals surface area contributed by atoms with Gasteiger partial charge >= 0.3 is 12.1 Å². The number of amides is 1. The van der Waals surface area contributed by atoms with Gasteiger partial charge in [-0.15, -0.1) is 0 Å². The van der Waals surface area contributed by atoms with Crippen LogP contribution in [0.5, 0.6) is 0 Å². The van der Waals surface area contributed by atoms with Crippen molar-refractivity contribution in [1.82, 2.24) is 19.7 Å². The maximum absolute atomic E-state index is 14.5. The Morgan fingerprint density at radius 2 is 1.63 bits per heavy atom. The number of halogens is 7. The predicted molar refractivity (Wildman–Crippen MR) is 145 cm³/mol. The fraction of sp³-hybridized carbons (Fsp3) is 0.393. The van der Waals surface area contributed by atoms with Crippen LogP contribution in [0.25, 0.3) is 0 Å². The molecule has 0 atom stereocenters. The number of hydrogen-bond acceptors (Lipinski definition) is 5. The molecular weight excluding hydrogens is 622 g/mol. The number of pyridine rings is 1.